The summed E-state index contributed by atoms with van der Waals surface area (Å²) in [5.74, 6) is 0.234. The molecule has 0 aromatic rings. The van der Waals surface area contributed by atoms with Gasteiger partial charge in [-0.2, -0.15) is 0 Å². The van der Waals surface area contributed by atoms with Gasteiger partial charge in [-0.3, -0.25) is 10.2 Å². The highest BCUT2D eigenvalue weighted by atomic mass is 16.5. The van der Waals surface area contributed by atoms with Crippen molar-refractivity contribution in [2.75, 3.05) is 33.9 Å². The molecule has 1 rings (SSSR count). The zero-order valence-electron chi connectivity index (χ0n) is 14.4. The Morgan fingerprint density at radius 2 is 1.90 bits per heavy atom. The summed E-state index contributed by atoms with van der Waals surface area (Å²) in [6.45, 7) is 10.6. The molecular formula is C16H32N2O3. The first-order valence-electron chi connectivity index (χ1n) is 7.96. The molecule has 0 saturated heterocycles. The third-order valence-electron chi connectivity index (χ3n) is 4.14. The lowest BCUT2D eigenvalue weighted by atomic mass is 9.90. The third-order valence-corrected chi connectivity index (χ3v) is 4.14. The van der Waals surface area contributed by atoms with Crippen LogP contribution in [0.15, 0.2) is 0 Å². The number of methoxy groups -OCH3 is 2. The van der Waals surface area contributed by atoms with Crippen molar-refractivity contribution in [2.24, 2.45) is 5.92 Å². The van der Waals surface area contributed by atoms with Crippen LogP contribution in [0, 0.1) is 5.92 Å². The summed E-state index contributed by atoms with van der Waals surface area (Å²) in [5.41, 5.74) is -0.596. The second kappa shape index (κ2) is 8.11. The maximum atomic E-state index is 12.5. The maximum Gasteiger partial charge on any atom is 0.327 e. The van der Waals surface area contributed by atoms with Crippen molar-refractivity contribution in [1.82, 2.24) is 10.2 Å². The molecule has 0 amide bonds. The number of carbonyl (C=O) groups is 1. The molecular weight excluding hydrogens is 268 g/mol. The fourth-order valence-electron chi connectivity index (χ4n) is 2.90. The van der Waals surface area contributed by atoms with E-state index in [9.17, 15) is 4.79 Å². The summed E-state index contributed by atoms with van der Waals surface area (Å²) in [6.07, 6.45) is 2.18. The highest BCUT2D eigenvalue weighted by Crippen LogP contribution is 2.41. The number of nitrogens with zero attached hydrogens (tertiary/aromatic N) is 1. The first-order valence-corrected chi connectivity index (χ1v) is 7.96. The number of rotatable bonds is 10. The molecule has 124 valence electrons. The average Bonchev–Trinajstić information content (AvgIpc) is 3.25. The SMILES string of the molecule is COCCN(CC(NC(C)C)(C(=O)OC)C1CC1)C(C)C. The maximum absolute atomic E-state index is 12.5. The summed E-state index contributed by atoms with van der Waals surface area (Å²) < 4.78 is 10.3. The van der Waals surface area contributed by atoms with Crippen molar-refractivity contribution >= 4 is 5.97 Å². The van der Waals surface area contributed by atoms with E-state index < -0.39 is 5.54 Å². The molecule has 0 spiro atoms. The van der Waals surface area contributed by atoms with Gasteiger partial charge in [-0.25, -0.2) is 4.79 Å². The Morgan fingerprint density at radius 3 is 2.29 bits per heavy atom. The van der Waals surface area contributed by atoms with Gasteiger partial charge in [0.15, 0.2) is 0 Å². The van der Waals surface area contributed by atoms with Crippen LogP contribution >= 0.6 is 0 Å². The van der Waals surface area contributed by atoms with Crippen LogP contribution in [0.25, 0.3) is 0 Å². The molecule has 1 N–H and O–H groups in total. The Kier molecular flexibility index (Phi) is 7.10. The van der Waals surface area contributed by atoms with Crippen molar-refractivity contribution in [1.29, 1.82) is 0 Å². The fourth-order valence-corrected chi connectivity index (χ4v) is 2.90. The second-order valence-electron chi connectivity index (χ2n) is 6.59. The second-order valence-corrected chi connectivity index (χ2v) is 6.59. The molecule has 1 aliphatic carbocycles. The van der Waals surface area contributed by atoms with Crippen LogP contribution < -0.4 is 5.32 Å². The molecule has 0 aromatic heterocycles. The lowest BCUT2D eigenvalue weighted by Gasteiger charge is -2.40. The molecule has 1 saturated carbocycles. The first-order chi connectivity index (χ1) is 9.87. The van der Waals surface area contributed by atoms with E-state index in [1.807, 2.05) is 0 Å². The van der Waals surface area contributed by atoms with Gasteiger partial charge in [-0.1, -0.05) is 0 Å². The van der Waals surface area contributed by atoms with Crippen LogP contribution in [0.3, 0.4) is 0 Å². The summed E-state index contributed by atoms with van der Waals surface area (Å²) in [4.78, 5) is 14.8. The molecule has 0 bridgehead atoms. The molecule has 1 unspecified atom stereocenters. The lowest BCUT2D eigenvalue weighted by molar-refractivity contribution is -0.151. The Labute approximate surface area is 129 Å². The standard InChI is InChI=1S/C16H32N2O3/c1-12(2)17-16(14-7-8-14,15(19)21-6)11-18(13(3)4)9-10-20-5/h12-14,17H,7-11H2,1-6H3. The molecule has 5 nitrogen and oxygen atoms in total. The molecule has 5 heteroatoms. The van der Waals surface area contributed by atoms with Gasteiger partial charge < -0.3 is 9.47 Å². The topological polar surface area (TPSA) is 50.8 Å². The molecule has 21 heavy (non-hydrogen) atoms. The molecule has 0 radical (unpaired) electrons. The number of hydrogen-bond donors (Lipinski definition) is 1. The van der Waals surface area contributed by atoms with E-state index in [4.69, 9.17) is 9.47 Å². The van der Waals surface area contributed by atoms with Crippen molar-refractivity contribution in [2.45, 2.75) is 58.2 Å². The van der Waals surface area contributed by atoms with Gasteiger partial charge in [-0.15, -0.1) is 0 Å². The normalized spacial score (nSPS) is 18.3. The van der Waals surface area contributed by atoms with Crippen molar-refractivity contribution < 1.29 is 14.3 Å². The number of hydrogen-bond acceptors (Lipinski definition) is 5. The Morgan fingerprint density at radius 1 is 1.29 bits per heavy atom. The molecule has 0 aliphatic heterocycles. The number of ether oxygens (including phenoxy) is 2. The van der Waals surface area contributed by atoms with Crippen LogP contribution in [-0.2, 0) is 14.3 Å². The highest BCUT2D eigenvalue weighted by molar-refractivity contribution is 5.82. The smallest absolute Gasteiger partial charge is 0.327 e. The summed E-state index contributed by atoms with van der Waals surface area (Å²) >= 11 is 0. The van der Waals surface area contributed by atoms with Gasteiger partial charge in [0.05, 0.1) is 13.7 Å². The van der Waals surface area contributed by atoms with E-state index in [0.717, 1.165) is 19.4 Å². The van der Waals surface area contributed by atoms with E-state index in [-0.39, 0.29) is 12.0 Å². The van der Waals surface area contributed by atoms with Gasteiger partial charge in [0, 0.05) is 32.3 Å². The number of nitrogens with one attached hydrogen (secondary N) is 1. The van der Waals surface area contributed by atoms with Crippen molar-refractivity contribution in [3.05, 3.63) is 0 Å². The van der Waals surface area contributed by atoms with Gasteiger partial charge >= 0.3 is 5.97 Å². The van der Waals surface area contributed by atoms with E-state index >= 15 is 0 Å². The number of carbonyl (C=O) groups excluding carboxylic acids is 1. The third kappa shape index (κ3) is 4.94. The summed E-state index contributed by atoms with van der Waals surface area (Å²) in [6, 6.07) is 0.595. The predicted molar refractivity (Wildman–Crippen MR) is 84.3 cm³/mol. The summed E-state index contributed by atoms with van der Waals surface area (Å²) in [5, 5.41) is 3.51. The van der Waals surface area contributed by atoms with E-state index in [1.54, 1.807) is 7.11 Å². The van der Waals surface area contributed by atoms with Gasteiger partial charge in [-0.05, 0) is 46.5 Å². The van der Waals surface area contributed by atoms with E-state index in [0.29, 0.717) is 25.1 Å². The van der Waals surface area contributed by atoms with Crippen LogP contribution in [0.4, 0.5) is 0 Å². The van der Waals surface area contributed by atoms with Gasteiger partial charge in [0.2, 0.25) is 0 Å². The van der Waals surface area contributed by atoms with Crippen LogP contribution in [-0.4, -0.2) is 62.4 Å². The zero-order chi connectivity index (χ0) is 16.0. The Balaban J connectivity index is 2.95. The van der Waals surface area contributed by atoms with Crippen LogP contribution in [0.2, 0.25) is 0 Å². The quantitative estimate of drug-likeness (QED) is 0.622. The molecule has 0 aromatic carbocycles. The molecule has 1 fully saturated rings. The van der Waals surface area contributed by atoms with Crippen molar-refractivity contribution in [3.63, 3.8) is 0 Å². The number of esters is 1. The molecule has 0 heterocycles. The minimum absolute atomic E-state index is 0.137. The van der Waals surface area contributed by atoms with Gasteiger partial charge in [0.1, 0.15) is 5.54 Å². The fraction of sp³-hybridized carbons (Fsp3) is 0.938. The summed E-state index contributed by atoms with van der Waals surface area (Å²) in [7, 11) is 3.19. The highest BCUT2D eigenvalue weighted by Gasteiger charge is 2.53. The van der Waals surface area contributed by atoms with Crippen LogP contribution in [0.5, 0.6) is 0 Å². The minimum atomic E-state index is -0.596. The monoisotopic (exact) mass is 300 g/mol. The van der Waals surface area contributed by atoms with E-state index in [2.05, 4.69) is 37.9 Å². The first kappa shape index (κ1) is 18.4. The Hall–Kier alpha value is -0.650. The predicted octanol–water partition coefficient (Wildman–Crippen LogP) is 1.66. The van der Waals surface area contributed by atoms with Crippen LogP contribution in [0.1, 0.15) is 40.5 Å². The largest absolute Gasteiger partial charge is 0.468 e. The zero-order valence-corrected chi connectivity index (χ0v) is 14.4. The van der Waals surface area contributed by atoms with E-state index in [1.165, 1.54) is 7.11 Å². The molecule has 1 aliphatic rings. The average molecular weight is 300 g/mol. The molecule has 1 atom stereocenters. The minimum Gasteiger partial charge on any atom is -0.468 e. The van der Waals surface area contributed by atoms with Gasteiger partial charge in [0.25, 0.3) is 0 Å². The lowest BCUT2D eigenvalue weighted by Crippen LogP contribution is -2.63. The van der Waals surface area contributed by atoms with Crippen molar-refractivity contribution in [3.8, 4) is 0 Å². The Bertz CT molecular complexity index is 329.